The third-order valence-corrected chi connectivity index (χ3v) is 3.85. The van der Waals surface area contributed by atoms with Crippen LogP contribution in [0.2, 0.25) is 0 Å². The molecule has 0 aliphatic heterocycles. The molecule has 0 saturated carbocycles. The molecule has 0 N–H and O–H groups in total. The summed E-state index contributed by atoms with van der Waals surface area (Å²) in [6, 6.07) is 0. The van der Waals surface area contributed by atoms with Gasteiger partial charge in [0.15, 0.2) is 0 Å². The highest BCUT2D eigenvalue weighted by molar-refractivity contribution is 5.60. The van der Waals surface area contributed by atoms with E-state index in [1.54, 1.807) is 0 Å². The normalized spacial score (nSPS) is 26.0. The topological polar surface area (TPSA) is 17.1 Å². The first kappa shape index (κ1) is 18.1. The molecular formula is C18H31O. The van der Waals surface area contributed by atoms with E-state index in [1.165, 1.54) is 19.3 Å². The first-order chi connectivity index (χ1) is 9.10. The maximum absolute atomic E-state index is 10.7. The molecule has 0 fully saturated rings. The van der Waals surface area contributed by atoms with Crippen molar-refractivity contribution in [3.63, 3.8) is 0 Å². The molecule has 1 aliphatic rings. The fourth-order valence-electron chi connectivity index (χ4n) is 1.98. The Morgan fingerprint density at radius 1 is 1.37 bits per heavy atom. The molecule has 0 amide bonds. The number of carbonyl (C=O) groups is 1. The molecule has 0 aromatic heterocycles. The van der Waals surface area contributed by atoms with Crippen LogP contribution in [0.1, 0.15) is 65.7 Å². The van der Waals surface area contributed by atoms with Crippen LogP contribution in [0, 0.1) is 18.3 Å². The van der Waals surface area contributed by atoms with Gasteiger partial charge < -0.3 is 4.79 Å². The average molecular weight is 263 g/mol. The van der Waals surface area contributed by atoms with E-state index in [4.69, 9.17) is 0 Å². The number of allylic oxidation sites excluding steroid dienone is 4. The van der Waals surface area contributed by atoms with Gasteiger partial charge in [0.2, 0.25) is 0 Å². The molecule has 0 aromatic rings. The molecule has 0 spiro atoms. The Bertz CT molecular complexity index is 277. The summed E-state index contributed by atoms with van der Waals surface area (Å²) < 4.78 is 0. The molecule has 0 bridgehead atoms. The average Bonchev–Trinajstić information content (AvgIpc) is 2.43. The van der Waals surface area contributed by atoms with Crippen LogP contribution in [-0.2, 0) is 4.79 Å². The van der Waals surface area contributed by atoms with Crippen molar-refractivity contribution < 1.29 is 4.79 Å². The Kier molecular flexibility index (Phi) is 10.5. The standard InChI is InChI=1S/C9H14O.C9H17/c1-8-5-3-4-6-9(8,2)7-10;1-3-5-7-9-8-6-4-2/h3,5,7-8H,4,6H2,1-2H3;7,9H,1,3-6,8H2,2H3/b;9-7+. The van der Waals surface area contributed by atoms with Crippen molar-refractivity contribution in [3.8, 4) is 0 Å². The van der Waals surface area contributed by atoms with E-state index in [2.05, 4.69) is 45.1 Å². The zero-order valence-corrected chi connectivity index (χ0v) is 13.0. The van der Waals surface area contributed by atoms with E-state index in [0.29, 0.717) is 5.92 Å². The molecule has 109 valence electrons. The first-order valence-corrected chi connectivity index (χ1v) is 7.68. The van der Waals surface area contributed by atoms with Gasteiger partial charge in [0, 0.05) is 5.41 Å². The zero-order chi connectivity index (χ0) is 14.6. The summed E-state index contributed by atoms with van der Waals surface area (Å²) in [5, 5.41) is 0. The second-order valence-corrected chi connectivity index (χ2v) is 5.64. The minimum absolute atomic E-state index is 0.0885. The monoisotopic (exact) mass is 263 g/mol. The van der Waals surface area contributed by atoms with Crippen LogP contribution in [0.25, 0.3) is 0 Å². The summed E-state index contributed by atoms with van der Waals surface area (Å²) >= 11 is 0. The van der Waals surface area contributed by atoms with Gasteiger partial charge in [-0.2, -0.15) is 0 Å². The Morgan fingerprint density at radius 2 is 2.05 bits per heavy atom. The number of unbranched alkanes of at least 4 members (excludes halogenated alkanes) is 3. The zero-order valence-electron chi connectivity index (χ0n) is 13.0. The van der Waals surface area contributed by atoms with Gasteiger partial charge in [0.05, 0.1) is 0 Å². The van der Waals surface area contributed by atoms with Crippen molar-refractivity contribution in [1.82, 2.24) is 0 Å². The molecule has 19 heavy (non-hydrogen) atoms. The molecule has 2 atom stereocenters. The number of rotatable bonds is 6. The van der Waals surface area contributed by atoms with Gasteiger partial charge in [-0.15, -0.1) is 0 Å². The minimum atomic E-state index is -0.0885. The molecule has 1 nitrogen and oxygen atoms in total. The summed E-state index contributed by atoms with van der Waals surface area (Å²) in [5.74, 6) is 0.416. The summed E-state index contributed by atoms with van der Waals surface area (Å²) in [4.78, 5) is 10.7. The highest BCUT2D eigenvalue weighted by Gasteiger charge is 2.30. The summed E-state index contributed by atoms with van der Waals surface area (Å²) in [7, 11) is 0. The van der Waals surface area contributed by atoms with Gasteiger partial charge in [-0.3, -0.25) is 0 Å². The van der Waals surface area contributed by atoms with Crippen LogP contribution in [-0.4, -0.2) is 6.29 Å². The van der Waals surface area contributed by atoms with Crippen LogP contribution in [0.15, 0.2) is 24.3 Å². The van der Waals surface area contributed by atoms with E-state index in [0.717, 1.165) is 32.0 Å². The Labute approximate surface area is 120 Å². The number of carbonyl (C=O) groups excluding carboxylic acids is 1. The van der Waals surface area contributed by atoms with E-state index < -0.39 is 0 Å². The van der Waals surface area contributed by atoms with Gasteiger partial charge in [0.25, 0.3) is 0 Å². The van der Waals surface area contributed by atoms with E-state index >= 15 is 0 Å². The van der Waals surface area contributed by atoms with Crippen molar-refractivity contribution in [2.24, 2.45) is 11.3 Å². The summed E-state index contributed by atoms with van der Waals surface area (Å²) in [6.07, 6.45) is 18.0. The second-order valence-electron chi connectivity index (χ2n) is 5.64. The third-order valence-electron chi connectivity index (χ3n) is 3.85. The number of aldehydes is 1. The van der Waals surface area contributed by atoms with Gasteiger partial charge in [-0.25, -0.2) is 0 Å². The Hall–Kier alpha value is -0.850. The van der Waals surface area contributed by atoms with Gasteiger partial charge in [-0.05, 0) is 38.0 Å². The largest absolute Gasteiger partial charge is 0.303 e. The fourth-order valence-corrected chi connectivity index (χ4v) is 1.98. The molecule has 0 heterocycles. The van der Waals surface area contributed by atoms with Crippen LogP contribution < -0.4 is 0 Å². The van der Waals surface area contributed by atoms with Crippen molar-refractivity contribution in [3.05, 3.63) is 31.2 Å². The minimum Gasteiger partial charge on any atom is -0.303 e. The van der Waals surface area contributed by atoms with Crippen LogP contribution in [0.4, 0.5) is 0 Å². The lowest BCUT2D eigenvalue weighted by Crippen LogP contribution is -2.27. The predicted molar refractivity (Wildman–Crippen MR) is 85.0 cm³/mol. The Morgan fingerprint density at radius 3 is 2.53 bits per heavy atom. The highest BCUT2D eigenvalue weighted by Crippen LogP contribution is 2.34. The van der Waals surface area contributed by atoms with Gasteiger partial charge in [0.1, 0.15) is 6.29 Å². The molecule has 0 aromatic carbocycles. The van der Waals surface area contributed by atoms with Crippen LogP contribution >= 0.6 is 0 Å². The summed E-state index contributed by atoms with van der Waals surface area (Å²) in [5.41, 5.74) is -0.0885. The lowest BCUT2D eigenvalue weighted by Gasteiger charge is -2.30. The van der Waals surface area contributed by atoms with Crippen LogP contribution in [0.3, 0.4) is 0 Å². The predicted octanol–water partition coefficient (Wildman–Crippen LogP) is 5.52. The third kappa shape index (κ3) is 8.02. The quantitative estimate of drug-likeness (QED) is 0.350. The summed E-state index contributed by atoms with van der Waals surface area (Å²) in [6.45, 7) is 10.1. The first-order valence-electron chi connectivity index (χ1n) is 7.68. The van der Waals surface area contributed by atoms with Crippen LogP contribution in [0.5, 0.6) is 0 Å². The SMILES string of the molecule is CC1C=CCCC1(C)C=O.[CH2]CC/C=C/CCCC. The number of hydrogen-bond acceptors (Lipinski definition) is 1. The van der Waals surface area contributed by atoms with E-state index in [9.17, 15) is 4.79 Å². The van der Waals surface area contributed by atoms with E-state index in [-0.39, 0.29) is 5.41 Å². The molecule has 0 saturated heterocycles. The molecule has 1 radical (unpaired) electrons. The molecule has 1 aliphatic carbocycles. The van der Waals surface area contributed by atoms with Gasteiger partial charge in [-0.1, -0.05) is 64.8 Å². The second kappa shape index (κ2) is 11.0. The lowest BCUT2D eigenvalue weighted by molar-refractivity contribution is -0.117. The molecule has 1 rings (SSSR count). The van der Waals surface area contributed by atoms with Crippen molar-refractivity contribution in [2.75, 3.05) is 0 Å². The highest BCUT2D eigenvalue weighted by atomic mass is 16.1. The molecule has 2 unspecified atom stereocenters. The number of hydrogen-bond donors (Lipinski definition) is 0. The van der Waals surface area contributed by atoms with Crippen molar-refractivity contribution in [2.45, 2.75) is 65.7 Å². The molecule has 1 heteroatoms. The molecular weight excluding hydrogens is 232 g/mol. The Balaban J connectivity index is 0.000000344. The maximum Gasteiger partial charge on any atom is 0.126 e. The maximum atomic E-state index is 10.7. The van der Waals surface area contributed by atoms with Crippen molar-refractivity contribution >= 4 is 6.29 Å². The smallest absolute Gasteiger partial charge is 0.126 e. The fraction of sp³-hybridized carbons (Fsp3) is 0.667. The van der Waals surface area contributed by atoms with E-state index in [1.807, 2.05) is 6.92 Å². The lowest BCUT2D eigenvalue weighted by atomic mass is 9.73. The van der Waals surface area contributed by atoms with Crippen molar-refractivity contribution in [1.29, 1.82) is 0 Å². The van der Waals surface area contributed by atoms with Gasteiger partial charge >= 0.3 is 0 Å².